The molecule has 0 aromatic heterocycles. The first-order valence-corrected chi connectivity index (χ1v) is 11.8. The summed E-state index contributed by atoms with van der Waals surface area (Å²) >= 11 is 0. The second-order valence-electron chi connectivity index (χ2n) is 8.15. The van der Waals surface area contributed by atoms with Crippen LogP contribution in [0.15, 0.2) is 42.5 Å². The number of carbonyl (C=O) groups is 2. The molecule has 1 aliphatic heterocycles. The molecule has 0 bridgehead atoms. The molecule has 2 aromatic rings. The van der Waals surface area contributed by atoms with E-state index in [-0.39, 0.29) is 24.3 Å². The first kappa shape index (κ1) is 24.8. The number of methoxy groups -OCH3 is 1. The Morgan fingerprint density at radius 1 is 1.06 bits per heavy atom. The minimum Gasteiger partial charge on any atom is -0.493 e. The van der Waals surface area contributed by atoms with Crippen molar-refractivity contribution >= 4 is 11.8 Å². The van der Waals surface area contributed by atoms with Crippen molar-refractivity contribution in [2.75, 3.05) is 26.9 Å². The molecule has 33 heavy (non-hydrogen) atoms. The molecule has 6 heteroatoms. The van der Waals surface area contributed by atoms with Crippen molar-refractivity contribution in [1.82, 2.24) is 0 Å². The number of rotatable bonds is 13. The van der Waals surface area contributed by atoms with Gasteiger partial charge in [-0.3, -0.25) is 9.59 Å². The second-order valence-corrected chi connectivity index (χ2v) is 8.15. The molecule has 3 rings (SSSR count). The van der Waals surface area contributed by atoms with E-state index in [9.17, 15) is 9.59 Å². The van der Waals surface area contributed by atoms with Crippen LogP contribution in [-0.2, 0) is 20.7 Å². The summed E-state index contributed by atoms with van der Waals surface area (Å²) in [7, 11) is 1.39. The van der Waals surface area contributed by atoms with Crippen molar-refractivity contribution in [3.63, 3.8) is 0 Å². The fourth-order valence-electron chi connectivity index (χ4n) is 3.96. The van der Waals surface area contributed by atoms with Gasteiger partial charge in [-0.1, -0.05) is 43.7 Å². The van der Waals surface area contributed by atoms with Crippen molar-refractivity contribution in [2.45, 2.75) is 58.0 Å². The zero-order valence-electron chi connectivity index (χ0n) is 19.6. The molecule has 0 saturated carbocycles. The first-order chi connectivity index (χ1) is 16.1. The van der Waals surface area contributed by atoms with Gasteiger partial charge in [-0.2, -0.15) is 0 Å². The molecule has 178 valence electrons. The van der Waals surface area contributed by atoms with E-state index >= 15 is 0 Å². The average molecular weight is 455 g/mol. The lowest BCUT2D eigenvalue weighted by Crippen LogP contribution is -2.17. The second kappa shape index (κ2) is 13.0. The fourth-order valence-corrected chi connectivity index (χ4v) is 3.96. The van der Waals surface area contributed by atoms with Crippen molar-refractivity contribution in [3.05, 3.63) is 59.2 Å². The smallest absolute Gasteiger partial charge is 0.308 e. The number of benzene rings is 2. The highest BCUT2D eigenvalue weighted by Crippen LogP contribution is 2.36. The molecule has 0 aliphatic carbocycles. The molecule has 0 radical (unpaired) electrons. The minimum atomic E-state index is -0.301. The van der Waals surface area contributed by atoms with Gasteiger partial charge >= 0.3 is 5.97 Å². The summed E-state index contributed by atoms with van der Waals surface area (Å²) in [4.78, 5) is 23.9. The topological polar surface area (TPSA) is 71.1 Å². The maximum absolute atomic E-state index is 12.2. The van der Waals surface area contributed by atoms with Crippen molar-refractivity contribution < 1.29 is 28.5 Å². The number of hydrogen-bond donors (Lipinski definition) is 0. The molecule has 1 unspecified atom stereocenters. The summed E-state index contributed by atoms with van der Waals surface area (Å²) in [5.74, 6) is 1.37. The molecule has 2 aromatic carbocycles. The van der Waals surface area contributed by atoms with Gasteiger partial charge in [-0.25, -0.2) is 0 Å². The van der Waals surface area contributed by atoms with Gasteiger partial charge in [0, 0.05) is 18.6 Å². The molecule has 0 fully saturated rings. The van der Waals surface area contributed by atoms with E-state index in [4.69, 9.17) is 18.9 Å². The Morgan fingerprint density at radius 2 is 1.85 bits per heavy atom. The number of esters is 1. The Hall–Kier alpha value is -2.86. The minimum absolute atomic E-state index is 0.140. The van der Waals surface area contributed by atoms with Crippen LogP contribution in [0.5, 0.6) is 11.5 Å². The third-order valence-electron chi connectivity index (χ3n) is 5.71. The Kier molecular flexibility index (Phi) is 9.76. The Labute approximate surface area is 196 Å². The predicted octanol–water partition coefficient (Wildman–Crippen LogP) is 5.47. The highest BCUT2D eigenvalue weighted by atomic mass is 16.5. The third kappa shape index (κ3) is 7.06. The molecule has 1 aliphatic rings. The number of ketones is 1. The van der Waals surface area contributed by atoms with Crippen molar-refractivity contribution in [1.29, 1.82) is 0 Å². The van der Waals surface area contributed by atoms with E-state index in [1.54, 1.807) is 0 Å². The molecule has 0 N–H and O–H groups in total. The number of ether oxygens (including phenoxy) is 4. The van der Waals surface area contributed by atoms with Gasteiger partial charge in [-0.15, -0.1) is 0 Å². The Bertz CT molecular complexity index is 908. The van der Waals surface area contributed by atoms with Crippen LogP contribution in [0.4, 0.5) is 0 Å². The van der Waals surface area contributed by atoms with Crippen LogP contribution >= 0.6 is 0 Å². The molecule has 6 nitrogen and oxygen atoms in total. The summed E-state index contributed by atoms with van der Waals surface area (Å²) in [5.41, 5.74) is 2.65. The molecule has 0 saturated heterocycles. The quantitative estimate of drug-likeness (QED) is 0.295. The van der Waals surface area contributed by atoms with Gasteiger partial charge < -0.3 is 18.9 Å². The Balaban J connectivity index is 1.45. The molecule has 0 amide bonds. The van der Waals surface area contributed by atoms with Gasteiger partial charge in [0.05, 0.1) is 38.4 Å². The highest BCUT2D eigenvalue weighted by Gasteiger charge is 2.23. The number of hydrogen-bond acceptors (Lipinski definition) is 6. The largest absolute Gasteiger partial charge is 0.493 e. The van der Waals surface area contributed by atoms with Crippen LogP contribution in [0.1, 0.15) is 73.0 Å². The van der Waals surface area contributed by atoms with Crippen LogP contribution in [0.2, 0.25) is 0 Å². The van der Waals surface area contributed by atoms with E-state index in [1.165, 1.54) is 7.11 Å². The molecular formula is C27H34O6. The zero-order valence-corrected chi connectivity index (χ0v) is 19.6. The molecule has 0 spiro atoms. The van der Waals surface area contributed by atoms with Gasteiger partial charge in [0.25, 0.3) is 0 Å². The summed E-state index contributed by atoms with van der Waals surface area (Å²) in [6.45, 7) is 3.70. The van der Waals surface area contributed by atoms with Crippen molar-refractivity contribution in [3.8, 4) is 11.5 Å². The molecular weight excluding hydrogens is 420 g/mol. The summed E-state index contributed by atoms with van der Waals surface area (Å²) in [5, 5.41) is 0. The summed E-state index contributed by atoms with van der Waals surface area (Å²) in [6.07, 6.45) is 4.82. The normalized spacial score (nSPS) is 13.7. The highest BCUT2D eigenvalue weighted by molar-refractivity contribution is 6.00. The van der Waals surface area contributed by atoms with E-state index in [0.29, 0.717) is 37.6 Å². The van der Waals surface area contributed by atoms with Gasteiger partial charge in [0.1, 0.15) is 11.5 Å². The summed E-state index contributed by atoms with van der Waals surface area (Å²) in [6, 6.07) is 13.5. The van der Waals surface area contributed by atoms with E-state index in [2.05, 4.69) is 6.92 Å². The maximum atomic E-state index is 12.2. The van der Waals surface area contributed by atoms with Crippen LogP contribution < -0.4 is 9.47 Å². The number of carbonyl (C=O) groups excluding carboxylic acids is 2. The monoisotopic (exact) mass is 454 g/mol. The number of Topliss-reactive ketones (excluding diaryl/α,β-unsaturated/α-hetero) is 1. The zero-order chi connectivity index (χ0) is 23.5. The van der Waals surface area contributed by atoms with E-state index < -0.39 is 0 Å². The SMILES string of the molecule is CCCc1c(OCCCCCOC(CC(=O)OC)c2ccccc2)ccc2c1OCCC2=O. The fraction of sp³-hybridized carbons (Fsp3) is 0.481. The van der Waals surface area contributed by atoms with E-state index in [1.807, 2.05) is 42.5 Å². The third-order valence-corrected chi connectivity index (χ3v) is 5.71. The Morgan fingerprint density at radius 3 is 2.61 bits per heavy atom. The molecule has 1 atom stereocenters. The standard InChI is InChI=1S/C27H34O6/c1-3-10-22-24(14-13-21-23(28)15-18-33-27(21)22)31-16-8-5-9-17-32-25(19-26(29)30-2)20-11-6-4-7-12-20/h4,6-7,11-14,25H,3,5,8-10,15-19H2,1-2H3. The van der Waals surface area contributed by atoms with Crippen LogP contribution in [0.3, 0.4) is 0 Å². The first-order valence-electron chi connectivity index (χ1n) is 11.8. The van der Waals surface area contributed by atoms with Crippen molar-refractivity contribution in [2.24, 2.45) is 0 Å². The number of fused-ring (bicyclic) bond motifs is 1. The van der Waals surface area contributed by atoms with E-state index in [0.717, 1.165) is 49.0 Å². The number of unbranched alkanes of at least 4 members (excludes halogenated alkanes) is 2. The van der Waals surface area contributed by atoms with Gasteiger partial charge in [-0.05, 0) is 43.4 Å². The predicted molar refractivity (Wildman–Crippen MR) is 126 cm³/mol. The maximum Gasteiger partial charge on any atom is 0.308 e. The summed E-state index contributed by atoms with van der Waals surface area (Å²) < 4.78 is 22.7. The lowest BCUT2D eigenvalue weighted by Gasteiger charge is -2.22. The van der Waals surface area contributed by atoms with Crippen LogP contribution in [0.25, 0.3) is 0 Å². The lowest BCUT2D eigenvalue weighted by atomic mass is 9.98. The van der Waals surface area contributed by atoms with Gasteiger partial charge in [0.15, 0.2) is 5.78 Å². The lowest BCUT2D eigenvalue weighted by molar-refractivity contribution is -0.144. The molecule has 1 heterocycles. The van der Waals surface area contributed by atoms with Crippen LogP contribution in [0, 0.1) is 0 Å². The van der Waals surface area contributed by atoms with Gasteiger partial charge in [0.2, 0.25) is 0 Å². The van der Waals surface area contributed by atoms with Crippen LogP contribution in [-0.4, -0.2) is 38.7 Å². The average Bonchev–Trinajstić information content (AvgIpc) is 2.84.